The van der Waals surface area contributed by atoms with E-state index in [0.29, 0.717) is 5.92 Å². The quantitative estimate of drug-likeness (QED) is 0.865. The van der Waals surface area contributed by atoms with Crippen LogP contribution in [0.15, 0.2) is 18.3 Å². The summed E-state index contributed by atoms with van der Waals surface area (Å²) in [6.07, 6.45) is 9.75. The molecular formula is C16H23NO. The van der Waals surface area contributed by atoms with Gasteiger partial charge in [-0.25, -0.2) is 0 Å². The number of nitrogens with zero attached hydrogens (tertiary/aromatic N) is 1. The Balaban J connectivity index is 1.94. The Morgan fingerprint density at radius 3 is 3.11 bits per heavy atom. The standard InChI is InChI=1S/C16H23NO/c1-2-13-7-3-4-10-16(13,18)14-9-8-12-6-5-11-17-15(12)14/h5-6,11,13-14,18H,2-4,7-10H2,1H3. The Hall–Kier alpha value is -0.890. The first-order valence-electron chi connectivity index (χ1n) is 7.42. The van der Waals surface area contributed by atoms with Crippen molar-refractivity contribution in [2.75, 3.05) is 0 Å². The predicted octanol–water partition coefficient (Wildman–Crippen LogP) is 3.44. The second-order valence-corrected chi connectivity index (χ2v) is 5.98. The van der Waals surface area contributed by atoms with E-state index in [0.717, 1.165) is 25.7 Å². The van der Waals surface area contributed by atoms with Gasteiger partial charge in [0, 0.05) is 17.8 Å². The number of rotatable bonds is 2. The maximum absolute atomic E-state index is 11.2. The monoisotopic (exact) mass is 245 g/mol. The first-order valence-corrected chi connectivity index (χ1v) is 7.42. The van der Waals surface area contributed by atoms with Gasteiger partial charge in [-0.1, -0.05) is 32.3 Å². The van der Waals surface area contributed by atoms with Crippen molar-refractivity contribution >= 4 is 0 Å². The smallest absolute Gasteiger partial charge is 0.0759 e. The van der Waals surface area contributed by atoms with Gasteiger partial charge in [-0.3, -0.25) is 4.98 Å². The van der Waals surface area contributed by atoms with Crippen molar-refractivity contribution < 1.29 is 5.11 Å². The Morgan fingerprint density at radius 1 is 1.39 bits per heavy atom. The highest BCUT2D eigenvalue weighted by atomic mass is 16.3. The van der Waals surface area contributed by atoms with Crippen molar-refractivity contribution in [1.29, 1.82) is 0 Å². The van der Waals surface area contributed by atoms with Gasteiger partial charge in [0.15, 0.2) is 0 Å². The van der Waals surface area contributed by atoms with E-state index in [2.05, 4.69) is 18.0 Å². The van der Waals surface area contributed by atoms with Crippen LogP contribution in [0.25, 0.3) is 0 Å². The highest BCUT2D eigenvalue weighted by molar-refractivity contribution is 5.31. The third-order valence-corrected chi connectivity index (χ3v) is 5.14. The Morgan fingerprint density at radius 2 is 2.28 bits per heavy atom. The lowest BCUT2D eigenvalue weighted by molar-refractivity contribution is -0.0724. The number of aryl methyl sites for hydroxylation is 1. The minimum absolute atomic E-state index is 0.277. The topological polar surface area (TPSA) is 33.1 Å². The van der Waals surface area contributed by atoms with Crippen molar-refractivity contribution in [2.45, 2.75) is 63.4 Å². The molecule has 2 aliphatic rings. The highest BCUT2D eigenvalue weighted by Crippen LogP contribution is 2.49. The van der Waals surface area contributed by atoms with Crippen LogP contribution < -0.4 is 0 Å². The molecule has 2 heteroatoms. The molecule has 3 atom stereocenters. The molecule has 98 valence electrons. The van der Waals surface area contributed by atoms with Crippen molar-refractivity contribution in [3.63, 3.8) is 0 Å². The van der Waals surface area contributed by atoms with Crippen LogP contribution in [-0.4, -0.2) is 15.7 Å². The molecule has 3 unspecified atom stereocenters. The average molecular weight is 245 g/mol. The number of hydrogen-bond donors (Lipinski definition) is 1. The second kappa shape index (κ2) is 4.65. The summed E-state index contributed by atoms with van der Waals surface area (Å²) < 4.78 is 0. The molecule has 1 saturated carbocycles. The predicted molar refractivity (Wildman–Crippen MR) is 72.5 cm³/mol. The fraction of sp³-hybridized carbons (Fsp3) is 0.688. The SMILES string of the molecule is CCC1CCCCC1(O)C1CCc2cccnc21. The molecule has 2 nitrogen and oxygen atoms in total. The van der Waals surface area contributed by atoms with Crippen LogP contribution in [0.2, 0.25) is 0 Å². The summed E-state index contributed by atoms with van der Waals surface area (Å²) in [6.45, 7) is 2.22. The van der Waals surface area contributed by atoms with E-state index in [4.69, 9.17) is 0 Å². The molecule has 2 aliphatic carbocycles. The van der Waals surface area contributed by atoms with Crippen LogP contribution in [0, 0.1) is 5.92 Å². The van der Waals surface area contributed by atoms with Gasteiger partial charge < -0.3 is 5.11 Å². The summed E-state index contributed by atoms with van der Waals surface area (Å²) in [5, 5.41) is 11.2. The Labute approximate surface area is 109 Å². The molecule has 0 aliphatic heterocycles. The van der Waals surface area contributed by atoms with Crippen LogP contribution in [0.4, 0.5) is 0 Å². The molecule has 0 radical (unpaired) electrons. The fourth-order valence-corrected chi connectivity index (χ4v) is 4.17. The van der Waals surface area contributed by atoms with Crippen LogP contribution >= 0.6 is 0 Å². The van der Waals surface area contributed by atoms with Crippen molar-refractivity contribution in [3.05, 3.63) is 29.6 Å². The maximum atomic E-state index is 11.2. The first-order chi connectivity index (χ1) is 8.75. The van der Waals surface area contributed by atoms with Crippen LogP contribution in [0.3, 0.4) is 0 Å². The van der Waals surface area contributed by atoms with Gasteiger partial charge in [-0.05, 0) is 43.2 Å². The molecule has 1 N–H and O–H groups in total. The summed E-state index contributed by atoms with van der Waals surface area (Å²) in [7, 11) is 0. The van der Waals surface area contributed by atoms with Gasteiger partial charge in [-0.15, -0.1) is 0 Å². The zero-order chi connectivity index (χ0) is 12.6. The maximum Gasteiger partial charge on any atom is 0.0759 e. The summed E-state index contributed by atoms with van der Waals surface area (Å²) in [5.41, 5.74) is 2.05. The summed E-state index contributed by atoms with van der Waals surface area (Å²) in [5.74, 6) is 0.739. The lowest BCUT2D eigenvalue weighted by atomic mass is 9.66. The van der Waals surface area contributed by atoms with E-state index >= 15 is 0 Å². The molecule has 0 saturated heterocycles. The van der Waals surface area contributed by atoms with Crippen molar-refractivity contribution in [2.24, 2.45) is 5.92 Å². The third-order valence-electron chi connectivity index (χ3n) is 5.14. The summed E-state index contributed by atoms with van der Waals surface area (Å²) >= 11 is 0. The highest BCUT2D eigenvalue weighted by Gasteiger charge is 2.47. The first kappa shape index (κ1) is 12.2. The van der Waals surface area contributed by atoms with E-state index < -0.39 is 5.60 Å². The van der Waals surface area contributed by atoms with E-state index in [1.807, 2.05) is 12.3 Å². The zero-order valence-corrected chi connectivity index (χ0v) is 11.2. The molecule has 18 heavy (non-hydrogen) atoms. The van der Waals surface area contributed by atoms with Crippen LogP contribution in [-0.2, 0) is 6.42 Å². The lowest BCUT2D eigenvalue weighted by Gasteiger charge is -2.44. The van der Waals surface area contributed by atoms with E-state index in [9.17, 15) is 5.11 Å². The largest absolute Gasteiger partial charge is 0.389 e. The van der Waals surface area contributed by atoms with Crippen molar-refractivity contribution in [3.8, 4) is 0 Å². The Bertz CT molecular complexity index is 431. The second-order valence-electron chi connectivity index (χ2n) is 5.98. The van der Waals surface area contributed by atoms with E-state index in [1.165, 1.54) is 30.5 Å². The normalized spacial score (nSPS) is 35.4. The Kier molecular flexibility index (Phi) is 3.14. The summed E-state index contributed by atoms with van der Waals surface area (Å²) in [6, 6.07) is 4.19. The molecule has 3 rings (SSSR count). The number of fused-ring (bicyclic) bond motifs is 1. The zero-order valence-electron chi connectivity index (χ0n) is 11.2. The molecular weight excluding hydrogens is 222 g/mol. The van der Waals surface area contributed by atoms with E-state index in [1.54, 1.807) is 0 Å². The summed E-state index contributed by atoms with van der Waals surface area (Å²) in [4.78, 5) is 4.57. The lowest BCUT2D eigenvalue weighted by Crippen LogP contribution is -2.45. The van der Waals surface area contributed by atoms with E-state index in [-0.39, 0.29) is 5.92 Å². The number of aliphatic hydroxyl groups is 1. The molecule has 1 fully saturated rings. The molecule has 1 aromatic heterocycles. The minimum atomic E-state index is -0.493. The molecule has 0 amide bonds. The number of hydrogen-bond acceptors (Lipinski definition) is 2. The average Bonchev–Trinajstić information content (AvgIpc) is 2.83. The van der Waals surface area contributed by atoms with Crippen LogP contribution in [0.1, 0.15) is 62.6 Å². The number of aromatic nitrogens is 1. The molecule has 0 bridgehead atoms. The van der Waals surface area contributed by atoms with Gasteiger partial charge in [0.25, 0.3) is 0 Å². The third kappa shape index (κ3) is 1.78. The van der Waals surface area contributed by atoms with Gasteiger partial charge in [0.1, 0.15) is 0 Å². The van der Waals surface area contributed by atoms with Gasteiger partial charge in [0.05, 0.1) is 5.60 Å². The van der Waals surface area contributed by atoms with Crippen molar-refractivity contribution in [1.82, 2.24) is 4.98 Å². The minimum Gasteiger partial charge on any atom is -0.389 e. The van der Waals surface area contributed by atoms with Gasteiger partial charge in [0.2, 0.25) is 0 Å². The molecule has 0 aromatic carbocycles. The van der Waals surface area contributed by atoms with Gasteiger partial charge in [-0.2, -0.15) is 0 Å². The molecule has 0 spiro atoms. The molecule has 1 aromatic rings. The number of pyridine rings is 1. The molecule has 1 heterocycles. The fourth-order valence-electron chi connectivity index (χ4n) is 4.17. The van der Waals surface area contributed by atoms with Gasteiger partial charge >= 0.3 is 0 Å². The van der Waals surface area contributed by atoms with Crippen LogP contribution in [0.5, 0.6) is 0 Å².